The maximum absolute atomic E-state index is 13.2. The highest BCUT2D eigenvalue weighted by atomic mass is 16.6. The molecule has 0 saturated heterocycles. The van der Waals surface area contributed by atoms with Gasteiger partial charge in [0.05, 0.1) is 22.4 Å². The molecule has 0 aliphatic heterocycles. The molecule has 144 valence electrons. The van der Waals surface area contributed by atoms with Crippen molar-refractivity contribution in [3.05, 3.63) is 106 Å². The van der Waals surface area contributed by atoms with Crippen LogP contribution in [0, 0.1) is 10.1 Å². The number of amides is 1. The zero-order valence-corrected chi connectivity index (χ0v) is 15.0. The number of carboxylic acid groups (broad SMARTS) is 1. The Morgan fingerprint density at radius 2 is 1.55 bits per heavy atom. The number of rotatable bonds is 6. The maximum atomic E-state index is 13.2. The molecule has 29 heavy (non-hydrogen) atoms. The van der Waals surface area contributed by atoms with Gasteiger partial charge in [-0.2, -0.15) is 10.1 Å². The average Bonchev–Trinajstić information content (AvgIpc) is 2.74. The first-order valence-corrected chi connectivity index (χ1v) is 8.48. The lowest BCUT2D eigenvalue weighted by Gasteiger charge is -2.18. The fourth-order valence-corrected chi connectivity index (χ4v) is 2.68. The number of carboxylic acids is 1. The molecule has 0 unspecified atom stereocenters. The van der Waals surface area contributed by atoms with E-state index in [0.717, 1.165) is 16.6 Å². The molecule has 3 rings (SSSR count). The Hall–Kier alpha value is -4.33. The van der Waals surface area contributed by atoms with Crippen molar-refractivity contribution in [2.45, 2.75) is 0 Å². The van der Waals surface area contributed by atoms with Gasteiger partial charge in [0.1, 0.15) is 5.56 Å². The van der Waals surface area contributed by atoms with E-state index in [-0.39, 0.29) is 5.56 Å². The molecular weight excluding hydrogens is 374 g/mol. The topological polar surface area (TPSA) is 113 Å². The zero-order valence-electron chi connectivity index (χ0n) is 15.0. The molecule has 0 fully saturated rings. The number of carbonyl (C=O) groups excluding carboxylic acids is 1. The van der Waals surface area contributed by atoms with Crippen molar-refractivity contribution >= 4 is 29.5 Å². The van der Waals surface area contributed by atoms with Crippen LogP contribution in [0.4, 0.5) is 11.4 Å². The maximum Gasteiger partial charge on any atom is 0.343 e. The van der Waals surface area contributed by atoms with Crippen molar-refractivity contribution in [3.8, 4) is 0 Å². The van der Waals surface area contributed by atoms with E-state index >= 15 is 0 Å². The Morgan fingerprint density at radius 3 is 2.14 bits per heavy atom. The number of nitro groups is 1. The van der Waals surface area contributed by atoms with Gasteiger partial charge < -0.3 is 5.11 Å². The van der Waals surface area contributed by atoms with E-state index in [9.17, 15) is 24.8 Å². The number of nitro benzene ring substituents is 1. The van der Waals surface area contributed by atoms with Crippen LogP contribution in [0.5, 0.6) is 0 Å². The molecule has 0 aliphatic rings. The molecule has 0 saturated carbocycles. The smallest absolute Gasteiger partial charge is 0.343 e. The third-order valence-electron chi connectivity index (χ3n) is 4.00. The number of para-hydroxylation sites is 1. The lowest BCUT2D eigenvalue weighted by molar-refractivity contribution is -0.385. The average molecular weight is 389 g/mol. The van der Waals surface area contributed by atoms with Gasteiger partial charge in [0.2, 0.25) is 0 Å². The van der Waals surface area contributed by atoms with E-state index in [1.54, 1.807) is 54.6 Å². The van der Waals surface area contributed by atoms with Gasteiger partial charge in [-0.05, 0) is 23.8 Å². The van der Waals surface area contributed by atoms with Crippen LogP contribution < -0.4 is 5.01 Å². The van der Waals surface area contributed by atoms with Crippen LogP contribution in [0.2, 0.25) is 0 Å². The second-order valence-electron chi connectivity index (χ2n) is 5.87. The Balaban J connectivity index is 2.11. The summed E-state index contributed by atoms with van der Waals surface area (Å²) in [5.41, 5.74) is -0.575. The quantitative estimate of drug-likeness (QED) is 0.389. The number of carbonyl (C=O) groups is 2. The first kappa shape index (κ1) is 19.4. The van der Waals surface area contributed by atoms with Crippen molar-refractivity contribution < 1.29 is 19.6 Å². The van der Waals surface area contributed by atoms with Gasteiger partial charge in [-0.3, -0.25) is 14.9 Å². The van der Waals surface area contributed by atoms with Crippen molar-refractivity contribution in [2.75, 3.05) is 5.01 Å². The first-order valence-electron chi connectivity index (χ1n) is 8.48. The molecule has 0 atom stereocenters. The number of hydrogen-bond acceptors (Lipinski definition) is 5. The summed E-state index contributed by atoms with van der Waals surface area (Å²) in [4.78, 5) is 35.3. The van der Waals surface area contributed by atoms with Gasteiger partial charge in [0.15, 0.2) is 0 Å². The Kier molecular flexibility index (Phi) is 5.74. The zero-order chi connectivity index (χ0) is 20.8. The van der Waals surface area contributed by atoms with Crippen LogP contribution in [-0.2, 0) is 0 Å². The number of hydrazone groups is 1. The van der Waals surface area contributed by atoms with Crippen LogP contribution >= 0.6 is 0 Å². The summed E-state index contributed by atoms with van der Waals surface area (Å²) in [6.07, 6.45) is 1.45. The minimum atomic E-state index is -1.57. The van der Waals surface area contributed by atoms with Crippen LogP contribution in [-0.4, -0.2) is 28.1 Å². The number of hydrogen-bond donors (Lipinski definition) is 1. The van der Waals surface area contributed by atoms with Gasteiger partial charge in [-0.25, -0.2) is 4.79 Å². The molecule has 0 spiro atoms. The summed E-state index contributed by atoms with van der Waals surface area (Å²) >= 11 is 0. The molecule has 8 heteroatoms. The van der Waals surface area contributed by atoms with E-state index in [1.807, 2.05) is 6.07 Å². The summed E-state index contributed by atoms with van der Waals surface area (Å²) in [7, 11) is 0. The fraction of sp³-hybridized carbons (Fsp3) is 0. The van der Waals surface area contributed by atoms with Crippen molar-refractivity contribution in [1.29, 1.82) is 0 Å². The highest BCUT2D eigenvalue weighted by Crippen LogP contribution is 2.26. The second-order valence-corrected chi connectivity index (χ2v) is 5.87. The van der Waals surface area contributed by atoms with Crippen LogP contribution in [0.25, 0.3) is 0 Å². The summed E-state index contributed by atoms with van der Waals surface area (Å²) in [6, 6.07) is 20.9. The molecule has 0 bridgehead atoms. The second kappa shape index (κ2) is 8.57. The number of nitrogens with zero attached hydrogens (tertiary/aromatic N) is 3. The SMILES string of the molecule is O=C(O)c1c(C(=O)N(/N=C\c2ccccc2)c2ccccc2)cccc1[N+](=O)[O-]. The molecule has 3 aromatic carbocycles. The van der Waals surface area contributed by atoms with Gasteiger partial charge >= 0.3 is 5.97 Å². The number of anilines is 1. The molecule has 0 aromatic heterocycles. The highest BCUT2D eigenvalue weighted by molar-refractivity contribution is 6.13. The normalized spacial score (nSPS) is 10.6. The minimum absolute atomic E-state index is 0.333. The molecule has 1 N–H and O–H groups in total. The van der Waals surface area contributed by atoms with E-state index in [4.69, 9.17) is 0 Å². The fourth-order valence-electron chi connectivity index (χ4n) is 2.68. The third kappa shape index (κ3) is 4.33. The summed E-state index contributed by atoms with van der Waals surface area (Å²) in [6.45, 7) is 0. The van der Waals surface area contributed by atoms with Gasteiger partial charge in [0, 0.05) is 6.07 Å². The van der Waals surface area contributed by atoms with E-state index in [2.05, 4.69) is 5.10 Å². The Labute approximate surface area is 165 Å². The molecule has 8 nitrogen and oxygen atoms in total. The Bertz CT molecular complexity index is 1080. The number of benzene rings is 3. The summed E-state index contributed by atoms with van der Waals surface area (Å²) in [5.74, 6) is -2.37. The first-order chi connectivity index (χ1) is 14.0. The molecule has 1 amide bonds. The van der Waals surface area contributed by atoms with E-state index < -0.39 is 28.1 Å². The molecule has 0 radical (unpaired) electrons. The predicted octanol–water partition coefficient (Wildman–Crippen LogP) is 3.97. The minimum Gasteiger partial charge on any atom is -0.477 e. The van der Waals surface area contributed by atoms with Crippen LogP contribution in [0.15, 0.2) is 84.0 Å². The van der Waals surface area contributed by atoms with Crippen molar-refractivity contribution in [3.63, 3.8) is 0 Å². The predicted molar refractivity (Wildman–Crippen MR) is 107 cm³/mol. The van der Waals surface area contributed by atoms with Gasteiger partial charge in [-0.15, -0.1) is 0 Å². The molecule has 3 aromatic rings. The van der Waals surface area contributed by atoms with Crippen LogP contribution in [0.3, 0.4) is 0 Å². The van der Waals surface area contributed by atoms with Gasteiger partial charge in [-0.1, -0.05) is 54.6 Å². The largest absolute Gasteiger partial charge is 0.477 e. The lowest BCUT2D eigenvalue weighted by atomic mass is 10.0. The monoisotopic (exact) mass is 389 g/mol. The summed E-state index contributed by atoms with van der Waals surface area (Å²) < 4.78 is 0. The third-order valence-corrected chi connectivity index (χ3v) is 4.00. The summed E-state index contributed by atoms with van der Waals surface area (Å²) in [5, 5.41) is 26.0. The van der Waals surface area contributed by atoms with Crippen molar-refractivity contribution in [2.24, 2.45) is 5.10 Å². The Morgan fingerprint density at radius 1 is 0.931 bits per heavy atom. The molecule has 0 heterocycles. The van der Waals surface area contributed by atoms with E-state index in [1.165, 1.54) is 18.3 Å². The lowest BCUT2D eigenvalue weighted by Crippen LogP contribution is -2.28. The standard InChI is InChI=1S/C21H15N3O5/c25-20(17-12-7-13-18(24(28)29)19(17)21(26)27)23(16-10-5-2-6-11-16)22-14-15-8-3-1-4-9-15/h1-14H,(H,26,27)/b22-14-. The van der Waals surface area contributed by atoms with E-state index in [0.29, 0.717) is 5.69 Å². The van der Waals surface area contributed by atoms with Crippen LogP contribution in [0.1, 0.15) is 26.3 Å². The van der Waals surface area contributed by atoms with Crippen molar-refractivity contribution in [1.82, 2.24) is 0 Å². The van der Waals surface area contributed by atoms with Gasteiger partial charge in [0.25, 0.3) is 11.6 Å². The molecule has 0 aliphatic carbocycles. The highest BCUT2D eigenvalue weighted by Gasteiger charge is 2.29. The number of aromatic carboxylic acids is 1. The molecular formula is C21H15N3O5.